The SMILES string of the molecule is O=C(Nc1cc(C2=CCC(NS(=O)(=O)N3CCOCC3)CC2)c2cc[nH]c2n1)C1CC1. The minimum atomic E-state index is -3.50. The number of carbonyl (C=O) groups excluding carboxylic acids is 1. The third-order valence-electron chi connectivity index (χ3n) is 6.11. The van der Waals surface area contributed by atoms with Gasteiger partial charge in [-0.3, -0.25) is 4.79 Å². The molecule has 1 saturated heterocycles. The molecule has 1 unspecified atom stereocenters. The number of pyridine rings is 1. The van der Waals surface area contributed by atoms with Gasteiger partial charge in [0.1, 0.15) is 11.5 Å². The molecular formula is C21H27N5O4S. The van der Waals surface area contributed by atoms with Crippen LogP contribution in [0.15, 0.2) is 24.4 Å². The maximum absolute atomic E-state index is 12.6. The highest BCUT2D eigenvalue weighted by molar-refractivity contribution is 7.87. The van der Waals surface area contributed by atoms with Gasteiger partial charge in [0.15, 0.2) is 0 Å². The number of amides is 1. The van der Waals surface area contributed by atoms with Gasteiger partial charge in [0, 0.05) is 36.6 Å². The molecule has 1 aliphatic heterocycles. The minimum absolute atomic E-state index is 0.0274. The van der Waals surface area contributed by atoms with Gasteiger partial charge in [-0.2, -0.15) is 17.4 Å². The van der Waals surface area contributed by atoms with Gasteiger partial charge in [0.05, 0.1) is 13.2 Å². The van der Waals surface area contributed by atoms with Crippen LogP contribution in [0.5, 0.6) is 0 Å². The van der Waals surface area contributed by atoms with E-state index >= 15 is 0 Å². The quantitative estimate of drug-likeness (QED) is 0.629. The molecule has 3 heterocycles. The molecule has 10 heteroatoms. The second-order valence-electron chi connectivity index (χ2n) is 8.39. The third-order valence-corrected chi connectivity index (χ3v) is 7.79. The summed E-state index contributed by atoms with van der Waals surface area (Å²) < 4.78 is 34.8. The number of anilines is 1. The summed E-state index contributed by atoms with van der Waals surface area (Å²) in [6.07, 6.45) is 7.91. The molecule has 31 heavy (non-hydrogen) atoms. The van der Waals surface area contributed by atoms with Crippen molar-refractivity contribution in [1.29, 1.82) is 0 Å². The Hall–Kier alpha value is -2.27. The Bertz CT molecular complexity index is 1120. The first-order valence-corrected chi connectivity index (χ1v) is 12.3. The zero-order valence-electron chi connectivity index (χ0n) is 17.3. The monoisotopic (exact) mass is 445 g/mol. The Balaban J connectivity index is 1.32. The molecule has 2 aromatic heterocycles. The van der Waals surface area contributed by atoms with Crippen LogP contribution in [0.3, 0.4) is 0 Å². The van der Waals surface area contributed by atoms with Gasteiger partial charge in [0.2, 0.25) is 5.91 Å². The lowest BCUT2D eigenvalue weighted by Gasteiger charge is -2.30. The number of aromatic amines is 1. The number of fused-ring (bicyclic) bond motifs is 1. The molecule has 1 saturated carbocycles. The molecule has 0 radical (unpaired) electrons. The van der Waals surface area contributed by atoms with E-state index in [1.54, 1.807) is 0 Å². The van der Waals surface area contributed by atoms with E-state index in [1.165, 1.54) is 4.31 Å². The van der Waals surface area contributed by atoms with Crippen molar-refractivity contribution in [2.75, 3.05) is 31.6 Å². The number of carbonyl (C=O) groups is 1. The predicted molar refractivity (Wildman–Crippen MR) is 118 cm³/mol. The number of nitrogens with one attached hydrogen (secondary N) is 3. The Kier molecular flexibility index (Phi) is 5.55. The summed E-state index contributed by atoms with van der Waals surface area (Å²) >= 11 is 0. The molecule has 5 rings (SSSR count). The van der Waals surface area contributed by atoms with Crippen molar-refractivity contribution < 1.29 is 17.9 Å². The van der Waals surface area contributed by atoms with Crippen molar-refractivity contribution in [2.45, 2.75) is 38.1 Å². The molecule has 166 valence electrons. The lowest BCUT2D eigenvalue weighted by Crippen LogP contribution is -2.49. The van der Waals surface area contributed by atoms with Gasteiger partial charge < -0.3 is 15.0 Å². The summed E-state index contributed by atoms with van der Waals surface area (Å²) in [7, 11) is -3.50. The normalized spacial score (nSPS) is 23.0. The van der Waals surface area contributed by atoms with Crippen LogP contribution in [0.1, 0.15) is 37.7 Å². The largest absolute Gasteiger partial charge is 0.379 e. The van der Waals surface area contributed by atoms with Crippen molar-refractivity contribution in [2.24, 2.45) is 5.92 Å². The van der Waals surface area contributed by atoms with Crippen molar-refractivity contribution in [1.82, 2.24) is 19.0 Å². The maximum Gasteiger partial charge on any atom is 0.279 e. The van der Waals surface area contributed by atoms with Crippen LogP contribution in [0.2, 0.25) is 0 Å². The number of rotatable bonds is 6. The molecule has 2 aliphatic carbocycles. The molecule has 2 aromatic rings. The molecule has 1 atom stereocenters. The Morgan fingerprint density at radius 3 is 2.74 bits per heavy atom. The Morgan fingerprint density at radius 1 is 1.23 bits per heavy atom. The van der Waals surface area contributed by atoms with E-state index in [0.29, 0.717) is 45.0 Å². The minimum Gasteiger partial charge on any atom is -0.379 e. The number of morpholine rings is 1. The first kappa shape index (κ1) is 20.6. The summed E-state index contributed by atoms with van der Waals surface area (Å²) in [5.41, 5.74) is 2.92. The lowest BCUT2D eigenvalue weighted by atomic mass is 9.90. The summed E-state index contributed by atoms with van der Waals surface area (Å²) in [6.45, 7) is 1.65. The molecule has 0 aromatic carbocycles. The second kappa shape index (κ2) is 8.34. The van der Waals surface area contributed by atoms with Gasteiger partial charge in [0.25, 0.3) is 10.2 Å². The van der Waals surface area contributed by atoms with Gasteiger partial charge in [-0.05, 0) is 55.4 Å². The molecule has 2 fully saturated rings. The Morgan fingerprint density at radius 2 is 2.03 bits per heavy atom. The fraction of sp³-hybridized carbons (Fsp3) is 0.524. The average Bonchev–Trinajstić information content (AvgIpc) is 3.52. The third kappa shape index (κ3) is 4.52. The van der Waals surface area contributed by atoms with Crippen LogP contribution < -0.4 is 10.0 Å². The lowest BCUT2D eigenvalue weighted by molar-refractivity contribution is -0.117. The van der Waals surface area contributed by atoms with Gasteiger partial charge in [-0.1, -0.05) is 6.08 Å². The first-order chi connectivity index (χ1) is 15.0. The van der Waals surface area contributed by atoms with Crippen LogP contribution in [0.25, 0.3) is 16.6 Å². The zero-order chi connectivity index (χ0) is 21.4. The van der Waals surface area contributed by atoms with E-state index in [2.05, 4.69) is 26.1 Å². The zero-order valence-corrected chi connectivity index (χ0v) is 18.1. The van der Waals surface area contributed by atoms with Crippen molar-refractivity contribution in [3.63, 3.8) is 0 Å². The van der Waals surface area contributed by atoms with E-state index < -0.39 is 10.2 Å². The fourth-order valence-corrected chi connectivity index (χ4v) is 5.61. The standard InChI is InChI=1S/C21H27N5O4S/c27-21(15-1-2-15)24-19-13-18(17-7-8-22-20(17)23-19)14-3-5-16(6-4-14)25-31(28,29)26-9-11-30-12-10-26/h3,7-8,13,15-16,25H,1-2,4-6,9-12H2,(H2,22,23,24,27). The Labute approximate surface area is 181 Å². The van der Waals surface area contributed by atoms with E-state index in [1.807, 2.05) is 18.3 Å². The average molecular weight is 446 g/mol. The van der Waals surface area contributed by atoms with Crippen LogP contribution in [0, 0.1) is 5.92 Å². The van der Waals surface area contributed by atoms with Crippen molar-refractivity contribution in [3.8, 4) is 0 Å². The fourth-order valence-electron chi connectivity index (χ4n) is 4.20. The summed E-state index contributed by atoms with van der Waals surface area (Å²) in [6, 6.07) is 3.79. The number of hydrogen-bond donors (Lipinski definition) is 3. The summed E-state index contributed by atoms with van der Waals surface area (Å²) in [5, 5.41) is 3.94. The van der Waals surface area contributed by atoms with Crippen LogP contribution in [-0.4, -0.2) is 60.9 Å². The number of hydrogen-bond acceptors (Lipinski definition) is 5. The molecular weight excluding hydrogens is 418 g/mol. The van der Waals surface area contributed by atoms with Gasteiger partial charge in [-0.25, -0.2) is 4.98 Å². The van der Waals surface area contributed by atoms with Crippen LogP contribution >= 0.6 is 0 Å². The summed E-state index contributed by atoms with van der Waals surface area (Å²) in [5.74, 6) is 0.691. The van der Waals surface area contributed by atoms with E-state index in [9.17, 15) is 13.2 Å². The molecule has 0 spiro atoms. The van der Waals surface area contributed by atoms with Crippen molar-refractivity contribution in [3.05, 3.63) is 30.0 Å². The molecule has 1 amide bonds. The van der Waals surface area contributed by atoms with Crippen LogP contribution in [0.4, 0.5) is 5.82 Å². The van der Waals surface area contributed by atoms with Gasteiger partial charge >= 0.3 is 0 Å². The highest BCUT2D eigenvalue weighted by atomic mass is 32.2. The van der Waals surface area contributed by atoms with E-state index in [4.69, 9.17) is 4.74 Å². The number of ether oxygens (including phenoxy) is 1. The molecule has 0 bridgehead atoms. The number of allylic oxidation sites excluding steroid dienone is 1. The van der Waals surface area contributed by atoms with Gasteiger partial charge in [-0.15, -0.1) is 0 Å². The highest BCUT2D eigenvalue weighted by Crippen LogP contribution is 2.34. The number of nitrogens with zero attached hydrogens (tertiary/aromatic N) is 2. The topological polar surface area (TPSA) is 116 Å². The second-order valence-corrected chi connectivity index (χ2v) is 10.1. The number of aromatic nitrogens is 2. The first-order valence-electron chi connectivity index (χ1n) is 10.8. The number of H-pyrrole nitrogens is 1. The highest BCUT2D eigenvalue weighted by Gasteiger charge is 2.31. The maximum atomic E-state index is 12.6. The molecule has 3 N–H and O–H groups in total. The van der Waals surface area contributed by atoms with E-state index in [-0.39, 0.29) is 17.9 Å². The summed E-state index contributed by atoms with van der Waals surface area (Å²) in [4.78, 5) is 19.9. The predicted octanol–water partition coefficient (Wildman–Crippen LogP) is 2.01. The smallest absolute Gasteiger partial charge is 0.279 e. The molecule has 9 nitrogen and oxygen atoms in total. The van der Waals surface area contributed by atoms with E-state index in [0.717, 1.165) is 41.4 Å². The van der Waals surface area contributed by atoms with Crippen LogP contribution in [-0.2, 0) is 19.7 Å². The molecule has 3 aliphatic rings. The van der Waals surface area contributed by atoms with Crippen molar-refractivity contribution >= 4 is 38.5 Å².